The quantitative estimate of drug-likeness (QED) is 0.370. The van der Waals surface area contributed by atoms with Gasteiger partial charge in [-0.3, -0.25) is 4.79 Å². The lowest BCUT2D eigenvalue weighted by atomic mass is 9.94. The highest BCUT2D eigenvalue weighted by Crippen LogP contribution is 2.36. The minimum Gasteiger partial charge on any atom is -0.489 e. The molecule has 3 aromatic carbocycles. The van der Waals surface area contributed by atoms with Gasteiger partial charge in [-0.05, 0) is 62.6 Å². The Morgan fingerprint density at radius 1 is 0.972 bits per heavy atom. The summed E-state index contributed by atoms with van der Waals surface area (Å²) in [5.74, 6) is 1.17. The first-order valence-electron chi connectivity index (χ1n) is 11.9. The van der Waals surface area contributed by atoms with Gasteiger partial charge < -0.3 is 15.4 Å². The van der Waals surface area contributed by atoms with Gasteiger partial charge >= 0.3 is 0 Å². The summed E-state index contributed by atoms with van der Waals surface area (Å²) in [5, 5.41) is 10.7. The number of anilines is 2. The molecule has 1 aliphatic heterocycles. The van der Waals surface area contributed by atoms with Crippen molar-refractivity contribution in [1.82, 2.24) is 14.8 Å². The van der Waals surface area contributed by atoms with Crippen LogP contribution in [0.5, 0.6) is 5.75 Å². The number of ether oxygens (including phenoxy) is 1. The average Bonchev–Trinajstić information content (AvgIpc) is 3.33. The fourth-order valence-electron chi connectivity index (χ4n) is 4.43. The standard InChI is InChI=1S/C29H29N5O2/c1-18-5-8-22(9-6-18)16-36-24-12-10-23(11-13-24)27-26(21(4)32-29-30-17-31-34(27)29)28(35)33-25-14-7-19(2)15-20(25)3/h5-15,17,27H,16H2,1-4H3,(H,33,35)(H,30,31,32)/t27-/m1/s1. The molecule has 2 N–H and O–H groups in total. The monoisotopic (exact) mass is 479 g/mol. The highest BCUT2D eigenvalue weighted by molar-refractivity contribution is 6.06. The van der Waals surface area contributed by atoms with Crippen LogP contribution in [0, 0.1) is 20.8 Å². The van der Waals surface area contributed by atoms with E-state index in [-0.39, 0.29) is 5.91 Å². The molecule has 182 valence electrons. The summed E-state index contributed by atoms with van der Waals surface area (Å²) in [4.78, 5) is 17.9. The summed E-state index contributed by atoms with van der Waals surface area (Å²) in [5.41, 5.74) is 7.51. The number of aromatic nitrogens is 3. The molecule has 0 spiro atoms. The molecular formula is C29H29N5O2. The number of benzene rings is 3. The van der Waals surface area contributed by atoms with E-state index >= 15 is 0 Å². The molecule has 0 unspecified atom stereocenters. The Balaban J connectivity index is 1.41. The van der Waals surface area contributed by atoms with Crippen molar-refractivity contribution in [3.8, 4) is 5.75 Å². The Labute approximate surface area is 210 Å². The number of aryl methyl sites for hydroxylation is 3. The molecule has 0 radical (unpaired) electrons. The van der Waals surface area contributed by atoms with Crippen LogP contribution in [0.4, 0.5) is 11.6 Å². The van der Waals surface area contributed by atoms with E-state index < -0.39 is 6.04 Å². The molecule has 0 bridgehead atoms. The average molecular weight is 480 g/mol. The van der Waals surface area contributed by atoms with E-state index in [0.29, 0.717) is 18.1 Å². The summed E-state index contributed by atoms with van der Waals surface area (Å²) in [6, 6.07) is 21.6. The van der Waals surface area contributed by atoms with Gasteiger partial charge in [-0.25, -0.2) is 4.68 Å². The number of amides is 1. The molecule has 0 saturated heterocycles. The number of allylic oxidation sites excluding steroid dienone is 1. The third-order valence-electron chi connectivity index (χ3n) is 6.39. The van der Waals surface area contributed by atoms with Gasteiger partial charge in [-0.15, -0.1) is 0 Å². The van der Waals surface area contributed by atoms with Crippen molar-refractivity contribution in [2.75, 3.05) is 10.6 Å². The molecular weight excluding hydrogens is 450 g/mol. The number of nitrogens with one attached hydrogen (secondary N) is 2. The SMILES string of the molecule is CC1=C(C(=O)Nc2ccc(C)cc2C)[C@@H](c2ccc(OCc3ccc(C)cc3)cc2)n2ncnc2N1. The van der Waals surface area contributed by atoms with Gasteiger partial charge in [0.15, 0.2) is 0 Å². The molecule has 5 rings (SSSR count). The van der Waals surface area contributed by atoms with Crippen LogP contribution in [0.2, 0.25) is 0 Å². The number of hydrogen-bond acceptors (Lipinski definition) is 5. The van der Waals surface area contributed by atoms with E-state index in [4.69, 9.17) is 4.74 Å². The number of fused-ring (bicyclic) bond motifs is 1. The zero-order valence-electron chi connectivity index (χ0n) is 20.9. The normalized spacial score (nSPS) is 14.7. The Bertz CT molecular complexity index is 1440. The number of carbonyl (C=O) groups is 1. The van der Waals surface area contributed by atoms with Crippen LogP contribution in [0.15, 0.2) is 84.3 Å². The predicted octanol–water partition coefficient (Wildman–Crippen LogP) is 5.71. The third kappa shape index (κ3) is 4.73. The first-order chi connectivity index (χ1) is 17.4. The molecule has 0 aliphatic carbocycles. The smallest absolute Gasteiger partial charge is 0.255 e. The van der Waals surface area contributed by atoms with Crippen molar-refractivity contribution < 1.29 is 9.53 Å². The fourth-order valence-corrected chi connectivity index (χ4v) is 4.43. The first kappa shape index (κ1) is 23.4. The minimum atomic E-state index is -0.430. The summed E-state index contributed by atoms with van der Waals surface area (Å²) in [7, 11) is 0. The largest absolute Gasteiger partial charge is 0.489 e. The topological polar surface area (TPSA) is 81.1 Å². The Morgan fingerprint density at radius 3 is 2.42 bits per heavy atom. The van der Waals surface area contributed by atoms with E-state index in [9.17, 15) is 4.79 Å². The second-order valence-electron chi connectivity index (χ2n) is 9.21. The number of nitrogens with zero attached hydrogens (tertiary/aromatic N) is 3. The fraction of sp³-hybridized carbons (Fsp3) is 0.207. The minimum absolute atomic E-state index is 0.183. The second kappa shape index (κ2) is 9.70. The second-order valence-corrected chi connectivity index (χ2v) is 9.21. The molecule has 0 saturated carbocycles. The van der Waals surface area contributed by atoms with Crippen LogP contribution in [-0.2, 0) is 11.4 Å². The molecule has 7 nitrogen and oxygen atoms in total. The van der Waals surface area contributed by atoms with Crippen molar-refractivity contribution >= 4 is 17.5 Å². The molecule has 1 amide bonds. The Kier molecular flexibility index (Phi) is 6.29. The molecule has 0 fully saturated rings. The summed E-state index contributed by atoms with van der Waals surface area (Å²) in [6.45, 7) is 8.47. The van der Waals surface area contributed by atoms with Gasteiger partial charge in [0.2, 0.25) is 5.95 Å². The van der Waals surface area contributed by atoms with Crippen molar-refractivity contribution in [2.45, 2.75) is 40.3 Å². The highest BCUT2D eigenvalue weighted by atomic mass is 16.5. The number of rotatable bonds is 6. The van der Waals surface area contributed by atoms with Crippen molar-refractivity contribution in [3.63, 3.8) is 0 Å². The number of hydrogen-bond donors (Lipinski definition) is 2. The van der Waals surface area contributed by atoms with Gasteiger partial charge in [0.05, 0.1) is 5.57 Å². The van der Waals surface area contributed by atoms with Crippen LogP contribution in [0.3, 0.4) is 0 Å². The molecule has 4 aromatic rings. The van der Waals surface area contributed by atoms with Gasteiger partial charge in [0.1, 0.15) is 24.7 Å². The molecule has 1 aromatic heterocycles. The van der Waals surface area contributed by atoms with Crippen LogP contribution >= 0.6 is 0 Å². The van der Waals surface area contributed by atoms with E-state index in [1.54, 1.807) is 4.68 Å². The molecule has 36 heavy (non-hydrogen) atoms. The van der Waals surface area contributed by atoms with Crippen molar-refractivity contribution in [1.29, 1.82) is 0 Å². The zero-order chi connectivity index (χ0) is 25.2. The summed E-state index contributed by atoms with van der Waals surface area (Å²) >= 11 is 0. The summed E-state index contributed by atoms with van der Waals surface area (Å²) in [6.07, 6.45) is 1.49. The van der Waals surface area contributed by atoms with Gasteiger partial charge in [-0.2, -0.15) is 10.1 Å². The van der Waals surface area contributed by atoms with E-state index in [1.807, 2.05) is 57.2 Å². The van der Waals surface area contributed by atoms with Crippen LogP contribution in [-0.4, -0.2) is 20.7 Å². The lowest BCUT2D eigenvalue weighted by molar-refractivity contribution is -0.113. The van der Waals surface area contributed by atoms with Gasteiger partial charge in [0, 0.05) is 11.4 Å². The van der Waals surface area contributed by atoms with Gasteiger partial charge in [0.25, 0.3) is 5.91 Å². The maximum atomic E-state index is 13.6. The highest BCUT2D eigenvalue weighted by Gasteiger charge is 2.33. The van der Waals surface area contributed by atoms with Crippen LogP contribution in [0.1, 0.15) is 40.8 Å². The zero-order valence-corrected chi connectivity index (χ0v) is 20.9. The van der Waals surface area contributed by atoms with E-state index in [0.717, 1.165) is 39.4 Å². The maximum absolute atomic E-state index is 13.6. The third-order valence-corrected chi connectivity index (χ3v) is 6.39. The van der Waals surface area contributed by atoms with Crippen LogP contribution < -0.4 is 15.4 Å². The molecule has 1 atom stereocenters. The van der Waals surface area contributed by atoms with Crippen LogP contribution in [0.25, 0.3) is 0 Å². The maximum Gasteiger partial charge on any atom is 0.255 e. The predicted molar refractivity (Wildman–Crippen MR) is 141 cm³/mol. The van der Waals surface area contributed by atoms with E-state index in [1.165, 1.54) is 11.9 Å². The molecule has 1 aliphatic rings. The molecule has 2 heterocycles. The van der Waals surface area contributed by atoms with Crippen molar-refractivity contribution in [3.05, 3.63) is 112 Å². The Hall–Kier alpha value is -4.39. The molecule has 7 heteroatoms. The van der Waals surface area contributed by atoms with E-state index in [2.05, 4.69) is 58.0 Å². The number of carbonyl (C=O) groups excluding carboxylic acids is 1. The van der Waals surface area contributed by atoms with Gasteiger partial charge in [-0.1, -0.05) is 59.7 Å². The Morgan fingerprint density at radius 2 is 1.69 bits per heavy atom. The lowest BCUT2D eigenvalue weighted by Crippen LogP contribution is -2.31. The van der Waals surface area contributed by atoms with Crippen molar-refractivity contribution in [2.24, 2.45) is 0 Å². The summed E-state index contributed by atoms with van der Waals surface area (Å²) < 4.78 is 7.73. The first-order valence-corrected chi connectivity index (χ1v) is 11.9. The lowest BCUT2D eigenvalue weighted by Gasteiger charge is -2.29.